The molecule has 1 aromatic rings. The molecule has 1 unspecified atom stereocenters. The number of benzene rings is 1. The van der Waals surface area contributed by atoms with Crippen molar-refractivity contribution in [2.75, 3.05) is 33.9 Å². The fourth-order valence-corrected chi connectivity index (χ4v) is 4.73. The molecule has 0 aliphatic carbocycles. The lowest BCUT2D eigenvalue weighted by atomic mass is 10.1. The lowest BCUT2D eigenvalue weighted by Crippen LogP contribution is -2.30. The van der Waals surface area contributed by atoms with Gasteiger partial charge in [0.25, 0.3) is 0 Å². The molecule has 0 aromatic heterocycles. The molecule has 0 bridgehead atoms. The van der Waals surface area contributed by atoms with Crippen LogP contribution in [0.1, 0.15) is 6.42 Å². The Morgan fingerprint density at radius 3 is 2.52 bits per heavy atom. The van der Waals surface area contributed by atoms with Crippen molar-refractivity contribution in [3.63, 3.8) is 0 Å². The number of ether oxygens (including phenoxy) is 2. The molecule has 21 heavy (non-hydrogen) atoms. The van der Waals surface area contributed by atoms with Gasteiger partial charge in [0.05, 0.1) is 18.7 Å². The van der Waals surface area contributed by atoms with Crippen LogP contribution >= 0.6 is 15.9 Å². The summed E-state index contributed by atoms with van der Waals surface area (Å²) in [5, 5.41) is 0. The van der Waals surface area contributed by atoms with Crippen molar-refractivity contribution < 1.29 is 17.9 Å². The predicted molar refractivity (Wildman–Crippen MR) is 83.2 cm³/mol. The van der Waals surface area contributed by atoms with Crippen molar-refractivity contribution in [1.82, 2.24) is 4.31 Å². The molecule has 0 saturated carbocycles. The third kappa shape index (κ3) is 3.18. The van der Waals surface area contributed by atoms with E-state index in [1.807, 2.05) is 0 Å². The molecular weight excluding hydrogens is 360 g/mol. The second-order valence-electron chi connectivity index (χ2n) is 4.89. The Kier molecular flexibility index (Phi) is 5.13. The largest absolute Gasteiger partial charge is 0.495 e. The maximum Gasteiger partial charge on any atom is 0.246 e. The Balaban J connectivity index is 2.42. The van der Waals surface area contributed by atoms with E-state index in [2.05, 4.69) is 15.9 Å². The Morgan fingerprint density at radius 2 is 2.00 bits per heavy atom. The third-order valence-electron chi connectivity index (χ3n) is 3.64. The van der Waals surface area contributed by atoms with E-state index in [1.165, 1.54) is 24.6 Å². The van der Waals surface area contributed by atoms with E-state index in [4.69, 9.17) is 15.2 Å². The minimum Gasteiger partial charge on any atom is -0.495 e. The standard InChI is InChI=1S/C13H19BrN2O4S/c1-19-11-6-12(20-2)13(5-10(11)14)21(17,18)16-4-3-9(7-15)8-16/h5-6,9H,3-4,7-8,15H2,1-2H3. The van der Waals surface area contributed by atoms with Crippen molar-refractivity contribution in [3.8, 4) is 11.5 Å². The normalized spacial score (nSPS) is 19.7. The summed E-state index contributed by atoms with van der Waals surface area (Å²) < 4.78 is 37.9. The fraction of sp³-hybridized carbons (Fsp3) is 0.538. The number of hydrogen-bond donors (Lipinski definition) is 1. The van der Waals surface area contributed by atoms with Gasteiger partial charge in [-0.15, -0.1) is 0 Å². The quantitative estimate of drug-likeness (QED) is 0.837. The summed E-state index contributed by atoms with van der Waals surface area (Å²) in [6.07, 6.45) is 0.787. The highest BCUT2D eigenvalue weighted by molar-refractivity contribution is 9.10. The Bertz CT molecular complexity index is 621. The second kappa shape index (κ2) is 6.51. The molecule has 1 fully saturated rings. The topological polar surface area (TPSA) is 81.9 Å². The summed E-state index contributed by atoms with van der Waals surface area (Å²) in [5.41, 5.74) is 5.63. The van der Waals surface area contributed by atoms with Crippen LogP contribution in [-0.2, 0) is 10.0 Å². The van der Waals surface area contributed by atoms with Gasteiger partial charge in [0, 0.05) is 19.2 Å². The third-order valence-corrected chi connectivity index (χ3v) is 6.14. The zero-order valence-corrected chi connectivity index (χ0v) is 14.4. The van der Waals surface area contributed by atoms with Gasteiger partial charge in [-0.25, -0.2) is 8.42 Å². The first-order valence-corrected chi connectivity index (χ1v) is 8.79. The van der Waals surface area contributed by atoms with Gasteiger partial charge in [-0.05, 0) is 40.9 Å². The molecule has 1 atom stereocenters. The zero-order valence-electron chi connectivity index (χ0n) is 12.0. The van der Waals surface area contributed by atoms with E-state index in [0.717, 1.165) is 6.42 Å². The monoisotopic (exact) mass is 378 g/mol. The van der Waals surface area contributed by atoms with Crippen LogP contribution in [0.15, 0.2) is 21.5 Å². The lowest BCUT2D eigenvalue weighted by Gasteiger charge is -2.19. The summed E-state index contributed by atoms with van der Waals surface area (Å²) in [5.74, 6) is 1.01. The van der Waals surface area contributed by atoms with Crippen molar-refractivity contribution >= 4 is 26.0 Å². The molecule has 1 aromatic carbocycles. The summed E-state index contributed by atoms with van der Waals surface area (Å²) in [6, 6.07) is 3.08. The molecule has 0 spiro atoms. The van der Waals surface area contributed by atoms with Gasteiger partial charge >= 0.3 is 0 Å². The number of methoxy groups -OCH3 is 2. The number of nitrogens with zero attached hydrogens (tertiary/aromatic N) is 1. The Labute approximate surface area is 133 Å². The minimum absolute atomic E-state index is 0.135. The Hall–Kier alpha value is -0.830. The van der Waals surface area contributed by atoms with Gasteiger partial charge in [-0.3, -0.25) is 0 Å². The predicted octanol–water partition coefficient (Wildman–Crippen LogP) is 1.44. The summed E-state index contributed by atoms with van der Waals surface area (Å²) in [7, 11) is -0.652. The zero-order chi connectivity index (χ0) is 15.6. The number of hydrogen-bond acceptors (Lipinski definition) is 5. The van der Waals surface area contributed by atoms with Crippen LogP contribution in [0.2, 0.25) is 0 Å². The van der Waals surface area contributed by atoms with Crippen LogP contribution in [0.25, 0.3) is 0 Å². The van der Waals surface area contributed by atoms with Crippen LogP contribution in [0.4, 0.5) is 0 Å². The molecule has 6 nitrogen and oxygen atoms in total. The molecule has 2 rings (SSSR count). The van der Waals surface area contributed by atoms with Crippen LogP contribution in [-0.4, -0.2) is 46.6 Å². The molecule has 1 aliphatic heterocycles. The summed E-state index contributed by atoms with van der Waals surface area (Å²) in [6.45, 7) is 1.43. The first-order valence-electron chi connectivity index (χ1n) is 6.55. The average Bonchev–Trinajstić information content (AvgIpc) is 2.96. The number of nitrogens with two attached hydrogens (primary N) is 1. The van der Waals surface area contributed by atoms with Gasteiger partial charge in [-0.2, -0.15) is 4.31 Å². The highest BCUT2D eigenvalue weighted by atomic mass is 79.9. The molecule has 1 saturated heterocycles. The number of sulfonamides is 1. The minimum atomic E-state index is -3.60. The van der Waals surface area contributed by atoms with E-state index >= 15 is 0 Å². The number of rotatable bonds is 5. The Morgan fingerprint density at radius 1 is 1.33 bits per heavy atom. The smallest absolute Gasteiger partial charge is 0.246 e. The maximum atomic E-state index is 12.8. The van der Waals surface area contributed by atoms with E-state index < -0.39 is 10.0 Å². The maximum absolute atomic E-state index is 12.8. The molecule has 0 radical (unpaired) electrons. The van der Waals surface area contributed by atoms with E-state index in [-0.39, 0.29) is 16.6 Å². The van der Waals surface area contributed by atoms with Crippen molar-refractivity contribution in [3.05, 3.63) is 16.6 Å². The van der Waals surface area contributed by atoms with Gasteiger partial charge in [0.2, 0.25) is 10.0 Å². The van der Waals surface area contributed by atoms with E-state index in [1.54, 1.807) is 6.07 Å². The van der Waals surface area contributed by atoms with Crippen LogP contribution in [0, 0.1) is 5.92 Å². The van der Waals surface area contributed by atoms with Gasteiger partial charge < -0.3 is 15.2 Å². The van der Waals surface area contributed by atoms with Crippen LogP contribution in [0.3, 0.4) is 0 Å². The van der Waals surface area contributed by atoms with E-state index in [0.29, 0.717) is 29.9 Å². The van der Waals surface area contributed by atoms with E-state index in [9.17, 15) is 8.42 Å². The average molecular weight is 379 g/mol. The molecule has 1 aliphatic rings. The van der Waals surface area contributed by atoms with Gasteiger partial charge in [0.1, 0.15) is 16.4 Å². The highest BCUT2D eigenvalue weighted by Crippen LogP contribution is 2.37. The van der Waals surface area contributed by atoms with Crippen LogP contribution in [0.5, 0.6) is 11.5 Å². The van der Waals surface area contributed by atoms with Crippen LogP contribution < -0.4 is 15.2 Å². The molecule has 8 heteroatoms. The first-order chi connectivity index (χ1) is 9.93. The van der Waals surface area contributed by atoms with Crippen molar-refractivity contribution in [2.24, 2.45) is 11.7 Å². The molecule has 2 N–H and O–H groups in total. The molecule has 1 heterocycles. The summed E-state index contributed by atoms with van der Waals surface area (Å²) in [4.78, 5) is 0.135. The number of halogens is 1. The lowest BCUT2D eigenvalue weighted by molar-refractivity contribution is 0.381. The summed E-state index contributed by atoms with van der Waals surface area (Å²) >= 11 is 3.31. The van der Waals surface area contributed by atoms with Crippen molar-refractivity contribution in [2.45, 2.75) is 11.3 Å². The molecule has 118 valence electrons. The van der Waals surface area contributed by atoms with Crippen molar-refractivity contribution in [1.29, 1.82) is 0 Å². The second-order valence-corrected chi connectivity index (χ2v) is 7.65. The SMILES string of the molecule is COc1cc(OC)c(S(=O)(=O)N2CCC(CN)C2)cc1Br. The highest BCUT2D eigenvalue weighted by Gasteiger charge is 2.34. The molecule has 0 amide bonds. The molecular formula is C13H19BrN2O4S. The first kappa shape index (κ1) is 16.5. The fourth-order valence-electron chi connectivity index (χ4n) is 2.38. The van der Waals surface area contributed by atoms with Gasteiger partial charge in [-0.1, -0.05) is 0 Å². The van der Waals surface area contributed by atoms with Gasteiger partial charge in [0.15, 0.2) is 0 Å².